The van der Waals surface area contributed by atoms with Gasteiger partial charge < -0.3 is 5.11 Å². The highest BCUT2D eigenvalue weighted by atomic mass is 32.2. The quantitative estimate of drug-likeness (QED) is 0.834. The van der Waals surface area contributed by atoms with E-state index < -0.39 is 22.0 Å². The third-order valence-corrected chi connectivity index (χ3v) is 5.43. The summed E-state index contributed by atoms with van der Waals surface area (Å²) in [6, 6.07) is 5.06. The van der Waals surface area contributed by atoms with E-state index in [-0.39, 0.29) is 11.4 Å². The lowest BCUT2D eigenvalue weighted by Crippen LogP contribution is -2.40. The summed E-state index contributed by atoms with van der Waals surface area (Å²) < 4.78 is 27.7. The zero-order valence-corrected chi connectivity index (χ0v) is 12.2. The third kappa shape index (κ3) is 2.46. The maximum Gasteiger partial charge on any atom is 0.322 e. The van der Waals surface area contributed by atoms with Crippen LogP contribution in [0.25, 0.3) is 5.69 Å². The minimum atomic E-state index is -3.88. The number of hydrogen-bond acceptors (Lipinski definition) is 6. The molecule has 10 heteroatoms. The number of rotatable bonds is 4. The molecule has 1 aliphatic rings. The second-order valence-corrected chi connectivity index (χ2v) is 6.75. The maximum atomic E-state index is 12.7. The first-order chi connectivity index (χ1) is 10.5. The van der Waals surface area contributed by atoms with Crippen LogP contribution in [-0.4, -0.2) is 56.6 Å². The summed E-state index contributed by atoms with van der Waals surface area (Å²) >= 11 is 0. The molecule has 0 saturated carbocycles. The molecule has 1 aromatic heterocycles. The van der Waals surface area contributed by atoms with Gasteiger partial charge in [0, 0.05) is 6.54 Å². The van der Waals surface area contributed by atoms with Crippen LogP contribution in [0.3, 0.4) is 0 Å². The molecule has 0 spiro atoms. The van der Waals surface area contributed by atoms with E-state index >= 15 is 0 Å². The zero-order chi connectivity index (χ0) is 15.7. The molecule has 3 rings (SSSR count). The number of hydrogen-bond donors (Lipinski definition) is 1. The minimum absolute atomic E-state index is 0.0219. The van der Waals surface area contributed by atoms with Gasteiger partial charge in [-0.15, -0.1) is 5.10 Å². The molecule has 2 heterocycles. The Morgan fingerprint density at radius 3 is 2.86 bits per heavy atom. The van der Waals surface area contributed by atoms with E-state index in [0.29, 0.717) is 18.5 Å². The zero-order valence-electron chi connectivity index (χ0n) is 11.4. The lowest BCUT2D eigenvalue weighted by Gasteiger charge is -2.21. The molecule has 1 N–H and O–H groups in total. The molecule has 1 atom stereocenters. The number of carboxylic acids is 1. The Hall–Kier alpha value is -2.33. The number of benzene rings is 1. The fourth-order valence-electron chi connectivity index (χ4n) is 2.48. The van der Waals surface area contributed by atoms with Crippen LogP contribution < -0.4 is 0 Å². The van der Waals surface area contributed by atoms with Crippen LogP contribution in [0, 0.1) is 0 Å². The first kappa shape index (κ1) is 14.6. The third-order valence-electron chi connectivity index (χ3n) is 3.53. The molecule has 0 unspecified atom stereocenters. The van der Waals surface area contributed by atoms with Gasteiger partial charge in [0.05, 0.1) is 10.6 Å². The van der Waals surface area contributed by atoms with E-state index in [9.17, 15) is 13.2 Å². The molecule has 22 heavy (non-hydrogen) atoms. The SMILES string of the molecule is O=C(O)[C@H]1CCCN1S(=O)(=O)c1cccc(-n2cnnn2)c1. The summed E-state index contributed by atoms with van der Waals surface area (Å²) in [5.41, 5.74) is 0.483. The van der Waals surface area contributed by atoms with Crippen LogP contribution in [0.1, 0.15) is 12.8 Å². The van der Waals surface area contributed by atoms with Crippen LogP contribution in [0.2, 0.25) is 0 Å². The number of nitrogens with zero attached hydrogens (tertiary/aromatic N) is 5. The van der Waals surface area contributed by atoms with Gasteiger partial charge in [0.25, 0.3) is 0 Å². The van der Waals surface area contributed by atoms with Crippen LogP contribution in [0.15, 0.2) is 35.5 Å². The van der Waals surface area contributed by atoms with Gasteiger partial charge >= 0.3 is 5.97 Å². The predicted octanol–water partition coefficient (Wildman–Crippen LogP) is -0.100. The summed E-state index contributed by atoms with van der Waals surface area (Å²) in [4.78, 5) is 11.2. The van der Waals surface area contributed by atoms with Gasteiger partial charge in [-0.05, 0) is 41.5 Å². The summed E-state index contributed by atoms with van der Waals surface area (Å²) in [7, 11) is -3.88. The number of aliphatic carboxylic acids is 1. The molecule has 9 nitrogen and oxygen atoms in total. The molecule has 1 aromatic carbocycles. The van der Waals surface area contributed by atoms with E-state index in [1.54, 1.807) is 12.1 Å². The molecule has 116 valence electrons. The van der Waals surface area contributed by atoms with Crippen molar-refractivity contribution in [3.63, 3.8) is 0 Å². The van der Waals surface area contributed by atoms with Gasteiger partial charge in [0.1, 0.15) is 12.4 Å². The highest BCUT2D eigenvalue weighted by Gasteiger charge is 2.39. The van der Waals surface area contributed by atoms with Gasteiger partial charge in [-0.25, -0.2) is 13.1 Å². The summed E-state index contributed by atoms with van der Waals surface area (Å²) in [6.45, 7) is 0.203. The molecular formula is C12H13N5O4S. The molecule has 0 amide bonds. The second kappa shape index (κ2) is 5.46. The number of tetrazole rings is 1. The van der Waals surface area contributed by atoms with Crippen molar-refractivity contribution in [1.29, 1.82) is 0 Å². The van der Waals surface area contributed by atoms with Crippen molar-refractivity contribution in [1.82, 2.24) is 24.5 Å². The average Bonchev–Trinajstić information content (AvgIpc) is 3.19. The molecule has 1 fully saturated rings. The van der Waals surface area contributed by atoms with Gasteiger partial charge in [0.15, 0.2) is 0 Å². The molecule has 0 bridgehead atoms. The van der Waals surface area contributed by atoms with Gasteiger partial charge in [-0.3, -0.25) is 4.79 Å². The number of carboxylic acid groups (broad SMARTS) is 1. The number of carbonyl (C=O) groups is 1. The Bertz CT molecular complexity index is 790. The van der Waals surface area contributed by atoms with Crippen molar-refractivity contribution in [2.45, 2.75) is 23.8 Å². The summed E-state index contributed by atoms with van der Waals surface area (Å²) in [6.07, 6.45) is 2.20. The smallest absolute Gasteiger partial charge is 0.322 e. The van der Waals surface area contributed by atoms with Crippen molar-refractivity contribution < 1.29 is 18.3 Å². The van der Waals surface area contributed by atoms with Crippen molar-refractivity contribution in [2.24, 2.45) is 0 Å². The van der Waals surface area contributed by atoms with E-state index in [4.69, 9.17) is 5.11 Å². The molecule has 1 saturated heterocycles. The highest BCUT2D eigenvalue weighted by molar-refractivity contribution is 7.89. The number of sulfonamides is 1. The summed E-state index contributed by atoms with van der Waals surface area (Å²) in [5.74, 6) is -1.13. The number of aromatic nitrogens is 4. The Kier molecular flexibility index (Phi) is 3.62. The average molecular weight is 323 g/mol. The molecular weight excluding hydrogens is 310 g/mol. The highest BCUT2D eigenvalue weighted by Crippen LogP contribution is 2.27. The van der Waals surface area contributed by atoms with Crippen LogP contribution in [0.5, 0.6) is 0 Å². The second-order valence-electron chi connectivity index (χ2n) is 4.86. The fourth-order valence-corrected chi connectivity index (χ4v) is 4.17. The van der Waals surface area contributed by atoms with E-state index in [2.05, 4.69) is 15.5 Å². The van der Waals surface area contributed by atoms with E-state index in [0.717, 1.165) is 4.31 Å². The first-order valence-electron chi connectivity index (χ1n) is 6.58. The van der Waals surface area contributed by atoms with Crippen molar-refractivity contribution >= 4 is 16.0 Å². The Balaban J connectivity index is 1.99. The largest absolute Gasteiger partial charge is 0.480 e. The Morgan fingerprint density at radius 2 is 2.18 bits per heavy atom. The van der Waals surface area contributed by atoms with Gasteiger partial charge in [-0.2, -0.15) is 4.31 Å². The van der Waals surface area contributed by atoms with Gasteiger partial charge in [-0.1, -0.05) is 6.07 Å². The normalized spacial score (nSPS) is 19.4. The van der Waals surface area contributed by atoms with Crippen molar-refractivity contribution in [2.75, 3.05) is 6.54 Å². The Morgan fingerprint density at radius 1 is 1.36 bits per heavy atom. The lowest BCUT2D eigenvalue weighted by atomic mass is 10.2. The molecule has 1 aliphatic heterocycles. The minimum Gasteiger partial charge on any atom is -0.480 e. The molecule has 0 aliphatic carbocycles. The van der Waals surface area contributed by atoms with Crippen LogP contribution in [-0.2, 0) is 14.8 Å². The molecule has 2 aromatic rings. The Labute approximate surface area is 126 Å². The van der Waals surface area contributed by atoms with Crippen LogP contribution in [0.4, 0.5) is 0 Å². The summed E-state index contributed by atoms with van der Waals surface area (Å²) in [5, 5.41) is 19.9. The first-order valence-corrected chi connectivity index (χ1v) is 8.02. The van der Waals surface area contributed by atoms with Crippen molar-refractivity contribution in [3.05, 3.63) is 30.6 Å². The van der Waals surface area contributed by atoms with E-state index in [1.807, 2.05) is 0 Å². The topological polar surface area (TPSA) is 118 Å². The fraction of sp³-hybridized carbons (Fsp3) is 0.333. The van der Waals surface area contributed by atoms with Crippen molar-refractivity contribution in [3.8, 4) is 5.69 Å². The molecule has 0 radical (unpaired) electrons. The predicted molar refractivity (Wildman–Crippen MR) is 73.7 cm³/mol. The monoisotopic (exact) mass is 323 g/mol. The maximum absolute atomic E-state index is 12.7. The van der Waals surface area contributed by atoms with Gasteiger partial charge in [0.2, 0.25) is 10.0 Å². The standard InChI is InChI=1S/C12H13N5O4S/c18-12(19)11-5-2-6-17(11)22(20,21)10-4-1-3-9(7-10)16-8-13-14-15-16/h1,3-4,7-8,11H,2,5-6H2,(H,18,19)/t11-/m1/s1. The lowest BCUT2D eigenvalue weighted by molar-refractivity contribution is -0.140. The van der Waals surface area contributed by atoms with E-state index in [1.165, 1.54) is 23.1 Å². The van der Waals surface area contributed by atoms with Crippen LogP contribution >= 0.6 is 0 Å².